The van der Waals surface area contributed by atoms with Crippen LogP contribution < -0.4 is 16.4 Å². The monoisotopic (exact) mass is 311 g/mol. The molecule has 0 radical (unpaired) electrons. The molecule has 0 aliphatic heterocycles. The number of anilines is 3. The van der Waals surface area contributed by atoms with Crippen LogP contribution in [0.15, 0.2) is 30.5 Å². The number of nitrogens with two attached hydrogens (primary N) is 1. The van der Waals surface area contributed by atoms with Crippen molar-refractivity contribution < 1.29 is 4.79 Å². The zero-order valence-electron chi connectivity index (χ0n) is 12.9. The van der Waals surface area contributed by atoms with Gasteiger partial charge in [-0.3, -0.25) is 9.48 Å². The Balaban J connectivity index is 1.73. The number of fused-ring (bicyclic) bond motifs is 1. The maximum absolute atomic E-state index is 11.0. The minimum Gasteiger partial charge on any atom is -0.383 e. The Kier molecular flexibility index (Phi) is 3.80. The number of aryl methyl sites for hydroxylation is 1. The standard InChI is InChI=1S/C15H17N7O/c1-9(23)19-11-5-3-10(4-6-11)7-17-15-20-13(16)12-8-18-22(2)14(12)21-15/h3-6,8H,7H2,1-2H3,(H,19,23)(H3,16,17,20,21). The molecule has 0 unspecified atom stereocenters. The summed E-state index contributed by atoms with van der Waals surface area (Å²) in [4.78, 5) is 19.6. The van der Waals surface area contributed by atoms with Gasteiger partial charge in [0.1, 0.15) is 5.82 Å². The highest BCUT2D eigenvalue weighted by atomic mass is 16.1. The van der Waals surface area contributed by atoms with Gasteiger partial charge in [-0.2, -0.15) is 15.1 Å². The average Bonchev–Trinajstić information content (AvgIpc) is 2.88. The van der Waals surface area contributed by atoms with Crippen molar-refractivity contribution in [3.63, 3.8) is 0 Å². The first-order valence-corrected chi connectivity index (χ1v) is 7.08. The maximum atomic E-state index is 11.0. The van der Waals surface area contributed by atoms with E-state index in [1.54, 1.807) is 17.9 Å². The van der Waals surface area contributed by atoms with E-state index in [0.717, 1.165) is 16.6 Å². The summed E-state index contributed by atoms with van der Waals surface area (Å²) < 4.78 is 1.65. The van der Waals surface area contributed by atoms with E-state index < -0.39 is 0 Å². The first kappa shape index (κ1) is 14.8. The summed E-state index contributed by atoms with van der Waals surface area (Å²) in [5.41, 5.74) is 8.40. The van der Waals surface area contributed by atoms with Gasteiger partial charge in [-0.25, -0.2) is 0 Å². The number of nitrogen functional groups attached to an aromatic ring is 1. The van der Waals surface area contributed by atoms with E-state index in [-0.39, 0.29) is 5.91 Å². The van der Waals surface area contributed by atoms with Crippen molar-refractivity contribution in [3.8, 4) is 0 Å². The summed E-state index contributed by atoms with van der Waals surface area (Å²) in [7, 11) is 1.80. The number of amides is 1. The van der Waals surface area contributed by atoms with Crippen LogP contribution in [0.2, 0.25) is 0 Å². The molecule has 3 rings (SSSR count). The van der Waals surface area contributed by atoms with Crippen LogP contribution in [0.5, 0.6) is 0 Å². The van der Waals surface area contributed by atoms with Crippen molar-refractivity contribution in [3.05, 3.63) is 36.0 Å². The second-order valence-corrected chi connectivity index (χ2v) is 5.17. The molecular weight excluding hydrogens is 294 g/mol. The lowest BCUT2D eigenvalue weighted by Crippen LogP contribution is -2.07. The summed E-state index contributed by atoms with van der Waals surface area (Å²) in [5.74, 6) is 0.750. The van der Waals surface area contributed by atoms with Crippen LogP contribution in [-0.2, 0) is 18.4 Å². The van der Waals surface area contributed by atoms with Crippen molar-refractivity contribution in [2.75, 3.05) is 16.4 Å². The molecule has 8 nitrogen and oxygen atoms in total. The summed E-state index contributed by atoms with van der Waals surface area (Å²) in [6.07, 6.45) is 1.65. The van der Waals surface area contributed by atoms with Gasteiger partial charge in [0, 0.05) is 26.2 Å². The summed E-state index contributed by atoms with van der Waals surface area (Å²) in [5, 5.41) is 10.7. The highest BCUT2D eigenvalue weighted by Crippen LogP contribution is 2.19. The number of aromatic nitrogens is 4. The number of rotatable bonds is 4. The fourth-order valence-corrected chi connectivity index (χ4v) is 2.21. The molecule has 0 atom stereocenters. The quantitative estimate of drug-likeness (QED) is 0.673. The number of nitrogens with one attached hydrogen (secondary N) is 2. The lowest BCUT2D eigenvalue weighted by molar-refractivity contribution is -0.114. The molecule has 1 aromatic carbocycles. The Bertz CT molecular complexity index is 854. The Morgan fingerprint density at radius 1 is 1.26 bits per heavy atom. The van der Waals surface area contributed by atoms with Gasteiger partial charge in [0.15, 0.2) is 5.65 Å². The lowest BCUT2D eigenvalue weighted by atomic mass is 10.2. The van der Waals surface area contributed by atoms with Gasteiger partial charge in [-0.05, 0) is 17.7 Å². The lowest BCUT2D eigenvalue weighted by Gasteiger charge is -2.08. The Hall–Kier alpha value is -3.16. The average molecular weight is 311 g/mol. The first-order chi connectivity index (χ1) is 11.0. The summed E-state index contributed by atoms with van der Waals surface area (Å²) in [6, 6.07) is 7.53. The molecule has 118 valence electrons. The number of benzene rings is 1. The maximum Gasteiger partial charge on any atom is 0.226 e. The van der Waals surface area contributed by atoms with Gasteiger partial charge in [0.05, 0.1) is 11.6 Å². The van der Waals surface area contributed by atoms with Crippen molar-refractivity contribution in [1.29, 1.82) is 0 Å². The van der Waals surface area contributed by atoms with E-state index in [1.807, 2.05) is 24.3 Å². The molecular formula is C15H17N7O. The van der Waals surface area contributed by atoms with Crippen LogP contribution in [-0.4, -0.2) is 25.7 Å². The minimum atomic E-state index is -0.0933. The van der Waals surface area contributed by atoms with E-state index in [1.165, 1.54) is 6.92 Å². The number of hydrogen-bond donors (Lipinski definition) is 3. The molecule has 8 heteroatoms. The van der Waals surface area contributed by atoms with E-state index in [2.05, 4.69) is 25.7 Å². The third-order valence-corrected chi connectivity index (χ3v) is 3.35. The first-order valence-electron chi connectivity index (χ1n) is 7.08. The van der Waals surface area contributed by atoms with Gasteiger partial charge in [-0.15, -0.1) is 0 Å². The molecule has 0 fully saturated rings. The molecule has 23 heavy (non-hydrogen) atoms. The molecule has 1 amide bonds. The van der Waals surface area contributed by atoms with Crippen LogP contribution in [0.3, 0.4) is 0 Å². The number of nitrogens with zero attached hydrogens (tertiary/aromatic N) is 4. The third-order valence-electron chi connectivity index (χ3n) is 3.35. The van der Waals surface area contributed by atoms with Crippen LogP contribution in [0.4, 0.5) is 17.5 Å². The molecule has 0 spiro atoms. The predicted octanol–water partition coefficient (Wildman–Crippen LogP) is 1.52. The van der Waals surface area contributed by atoms with Crippen molar-refractivity contribution in [1.82, 2.24) is 19.7 Å². The zero-order chi connectivity index (χ0) is 16.4. The predicted molar refractivity (Wildman–Crippen MR) is 88.8 cm³/mol. The van der Waals surface area contributed by atoms with Crippen molar-refractivity contribution in [2.45, 2.75) is 13.5 Å². The van der Waals surface area contributed by atoms with Gasteiger partial charge >= 0.3 is 0 Å². The Labute approximate surface area is 132 Å². The van der Waals surface area contributed by atoms with E-state index in [9.17, 15) is 4.79 Å². The Morgan fingerprint density at radius 3 is 2.70 bits per heavy atom. The third kappa shape index (κ3) is 3.20. The zero-order valence-corrected chi connectivity index (χ0v) is 12.9. The molecule has 0 aliphatic carbocycles. The van der Waals surface area contributed by atoms with Crippen LogP contribution in [0.1, 0.15) is 12.5 Å². The van der Waals surface area contributed by atoms with Crippen LogP contribution >= 0.6 is 0 Å². The molecule has 2 aromatic heterocycles. The van der Waals surface area contributed by atoms with Crippen molar-refractivity contribution >= 4 is 34.4 Å². The fraction of sp³-hybridized carbons (Fsp3) is 0.200. The number of carbonyl (C=O) groups excluding carboxylic acids is 1. The minimum absolute atomic E-state index is 0.0933. The highest BCUT2D eigenvalue weighted by molar-refractivity contribution is 5.88. The molecule has 0 aliphatic rings. The molecule has 0 bridgehead atoms. The smallest absolute Gasteiger partial charge is 0.226 e. The second-order valence-electron chi connectivity index (χ2n) is 5.17. The van der Waals surface area contributed by atoms with Gasteiger partial charge in [0.2, 0.25) is 11.9 Å². The van der Waals surface area contributed by atoms with Gasteiger partial charge in [0.25, 0.3) is 0 Å². The Morgan fingerprint density at radius 2 is 2.00 bits per heavy atom. The number of carbonyl (C=O) groups is 1. The molecule has 2 heterocycles. The van der Waals surface area contributed by atoms with Gasteiger partial charge < -0.3 is 16.4 Å². The molecule has 0 saturated carbocycles. The SMILES string of the molecule is CC(=O)Nc1ccc(CNc2nc(N)c3cnn(C)c3n2)cc1. The normalized spacial score (nSPS) is 10.7. The summed E-state index contributed by atoms with van der Waals surface area (Å²) in [6.45, 7) is 2.02. The highest BCUT2D eigenvalue weighted by Gasteiger charge is 2.08. The molecule has 0 saturated heterocycles. The molecule has 4 N–H and O–H groups in total. The topological polar surface area (TPSA) is 111 Å². The van der Waals surface area contributed by atoms with Crippen LogP contribution in [0, 0.1) is 0 Å². The largest absolute Gasteiger partial charge is 0.383 e. The second kappa shape index (κ2) is 5.91. The number of hydrogen-bond acceptors (Lipinski definition) is 6. The van der Waals surface area contributed by atoms with E-state index >= 15 is 0 Å². The fourth-order valence-electron chi connectivity index (χ4n) is 2.21. The van der Waals surface area contributed by atoms with E-state index in [0.29, 0.717) is 24.0 Å². The van der Waals surface area contributed by atoms with Gasteiger partial charge in [-0.1, -0.05) is 12.1 Å². The van der Waals surface area contributed by atoms with Crippen molar-refractivity contribution in [2.24, 2.45) is 7.05 Å². The molecule has 3 aromatic rings. The van der Waals surface area contributed by atoms with Crippen LogP contribution in [0.25, 0.3) is 11.0 Å². The van der Waals surface area contributed by atoms with E-state index in [4.69, 9.17) is 5.73 Å². The summed E-state index contributed by atoms with van der Waals surface area (Å²) >= 11 is 0.